The molecule has 1 heterocycles. The highest BCUT2D eigenvalue weighted by atomic mass is 19.1. The summed E-state index contributed by atoms with van der Waals surface area (Å²) >= 11 is 0. The lowest BCUT2D eigenvalue weighted by Gasteiger charge is -2.26. The number of carbonyl (C=O) groups is 1. The molecule has 2 N–H and O–H groups in total. The Morgan fingerprint density at radius 2 is 2.05 bits per heavy atom. The summed E-state index contributed by atoms with van der Waals surface area (Å²) in [6.45, 7) is 2.53. The highest BCUT2D eigenvalue weighted by molar-refractivity contribution is 5.97. The highest BCUT2D eigenvalue weighted by Gasteiger charge is 2.26. The summed E-state index contributed by atoms with van der Waals surface area (Å²) in [6, 6.07) is 12.5. The number of aryl methyl sites for hydroxylation is 1. The second-order valence-corrected chi connectivity index (χ2v) is 5.28. The lowest BCUT2D eigenvalue weighted by molar-refractivity contribution is -0.117. The summed E-state index contributed by atoms with van der Waals surface area (Å²) in [5.74, 6) is -0.802. The third-order valence-corrected chi connectivity index (χ3v) is 3.87. The number of nitrogens with one attached hydrogen (secondary N) is 2. The zero-order chi connectivity index (χ0) is 14.8. The molecule has 1 aliphatic rings. The molecular weight excluding hydrogens is 267 g/mol. The van der Waals surface area contributed by atoms with Crippen molar-refractivity contribution in [2.24, 2.45) is 0 Å². The number of halogens is 1. The van der Waals surface area contributed by atoms with E-state index in [1.807, 2.05) is 24.3 Å². The van der Waals surface area contributed by atoms with Gasteiger partial charge in [-0.1, -0.05) is 30.3 Å². The largest absolute Gasteiger partial charge is 0.385 e. The van der Waals surface area contributed by atoms with Gasteiger partial charge in [0.25, 0.3) is 0 Å². The van der Waals surface area contributed by atoms with Crippen LogP contribution in [-0.2, 0) is 4.79 Å². The van der Waals surface area contributed by atoms with Gasteiger partial charge in [-0.15, -0.1) is 0 Å². The third-order valence-electron chi connectivity index (χ3n) is 3.87. The van der Waals surface area contributed by atoms with Gasteiger partial charge in [0.1, 0.15) is 5.82 Å². The van der Waals surface area contributed by atoms with Crippen molar-refractivity contribution in [3.8, 4) is 0 Å². The molecule has 108 valence electrons. The first-order chi connectivity index (χ1) is 10.2. The molecule has 1 unspecified atom stereocenters. The van der Waals surface area contributed by atoms with Crippen LogP contribution in [0.15, 0.2) is 42.5 Å². The maximum Gasteiger partial charge on any atom is 0.232 e. The number of hydrogen-bond donors (Lipinski definition) is 2. The van der Waals surface area contributed by atoms with Crippen molar-refractivity contribution >= 4 is 17.3 Å². The summed E-state index contributed by atoms with van der Waals surface area (Å²) in [5, 5.41) is 6.03. The second-order valence-electron chi connectivity index (χ2n) is 5.28. The fourth-order valence-electron chi connectivity index (χ4n) is 2.74. The number of anilines is 2. The Labute approximate surface area is 123 Å². The minimum absolute atomic E-state index is 0.155. The molecule has 4 heteroatoms. The fraction of sp³-hybridized carbons (Fsp3) is 0.235. The third kappa shape index (κ3) is 2.61. The maximum atomic E-state index is 13.8. The van der Waals surface area contributed by atoms with Crippen molar-refractivity contribution < 1.29 is 9.18 Å². The van der Waals surface area contributed by atoms with Crippen LogP contribution < -0.4 is 10.6 Å². The number of amides is 1. The second kappa shape index (κ2) is 5.56. The zero-order valence-corrected chi connectivity index (χ0v) is 11.8. The first-order valence-corrected chi connectivity index (χ1v) is 7.05. The first-order valence-electron chi connectivity index (χ1n) is 7.05. The van der Waals surface area contributed by atoms with Gasteiger partial charge in [-0.3, -0.25) is 4.79 Å². The van der Waals surface area contributed by atoms with E-state index in [9.17, 15) is 9.18 Å². The maximum absolute atomic E-state index is 13.8. The number of rotatable bonds is 2. The van der Waals surface area contributed by atoms with E-state index >= 15 is 0 Å². The summed E-state index contributed by atoms with van der Waals surface area (Å²) < 4.78 is 13.8. The van der Waals surface area contributed by atoms with Gasteiger partial charge < -0.3 is 10.6 Å². The molecule has 21 heavy (non-hydrogen) atoms. The van der Waals surface area contributed by atoms with E-state index in [1.165, 1.54) is 6.07 Å². The van der Waals surface area contributed by atoms with Crippen molar-refractivity contribution in [3.63, 3.8) is 0 Å². The van der Waals surface area contributed by atoms with E-state index in [1.54, 1.807) is 19.1 Å². The molecule has 0 aromatic heterocycles. The summed E-state index contributed by atoms with van der Waals surface area (Å²) in [7, 11) is 0. The standard InChI is InChI=1S/C17H17FN2O/c1-11-5-4-7-14(18)16(11)20-17(21)13-9-10-19-15-8-3-2-6-12(13)15/h2-8,13,19H,9-10H2,1H3,(H,20,21). The number of carbonyl (C=O) groups excluding carboxylic acids is 1. The number of fused-ring (bicyclic) bond motifs is 1. The Kier molecular flexibility index (Phi) is 3.60. The molecule has 2 aromatic carbocycles. The van der Waals surface area contributed by atoms with Crippen molar-refractivity contribution in [1.82, 2.24) is 0 Å². The van der Waals surface area contributed by atoms with Crippen molar-refractivity contribution in [3.05, 3.63) is 59.4 Å². The van der Waals surface area contributed by atoms with Crippen LogP contribution in [-0.4, -0.2) is 12.5 Å². The van der Waals surface area contributed by atoms with Crippen LogP contribution >= 0.6 is 0 Å². The van der Waals surface area contributed by atoms with E-state index in [0.29, 0.717) is 6.42 Å². The van der Waals surface area contributed by atoms with Crippen LogP contribution in [0.5, 0.6) is 0 Å². The topological polar surface area (TPSA) is 41.1 Å². The number of hydrogen-bond acceptors (Lipinski definition) is 2. The molecular formula is C17H17FN2O. The van der Waals surface area contributed by atoms with E-state index < -0.39 is 5.82 Å². The van der Waals surface area contributed by atoms with Crippen molar-refractivity contribution in [2.45, 2.75) is 19.3 Å². The Bertz CT molecular complexity index is 664. The van der Waals surface area contributed by atoms with Gasteiger partial charge in [0.2, 0.25) is 5.91 Å². The van der Waals surface area contributed by atoms with E-state index in [4.69, 9.17) is 0 Å². The van der Waals surface area contributed by atoms with Crippen LogP contribution in [0.2, 0.25) is 0 Å². The molecule has 0 spiro atoms. The van der Waals surface area contributed by atoms with Crippen LogP contribution in [0.1, 0.15) is 23.5 Å². The molecule has 0 radical (unpaired) electrons. The quantitative estimate of drug-likeness (QED) is 0.883. The van der Waals surface area contributed by atoms with Crippen molar-refractivity contribution in [2.75, 3.05) is 17.2 Å². The van der Waals surface area contributed by atoms with Gasteiger partial charge in [-0.2, -0.15) is 0 Å². The average molecular weight is 284 g/mol. The normalized spacial score (nSPS) is 16.8. The monoisotopic (exact) mass is 284 g/mol. The van der Waals surface area contributed by atoms with E-state index in [-0.39, 0.29) is 17.5 Å². The van der Waals surface area contributed by atoms with E-state index in [0.717, 1.165) is 23.4 Å². The predicted octanol–water partition coefficient (Wildman–Crippen LogP) is 3.67. The van der Waals surface area contributed by atoms with Crippen LogP contribution in [0.25, 0.3) is 0 Å². The number of para-hydroxylation sites is 2. The molecule has 0 aliphatic carbocycles. The Morgan fingerprint density at radius 3 is 2.86 bits per heavy atom. The molecule has 1 atom stereocenters. The molecule has 2 aromatic rings. The Morgan fingerprint density at radius 1 is 1.24 bits per heavy atom. The van der Waals surface area contributed by atoms with Crippen LogP contribution in [0.3, 0.4) is 0 Å². The average Bonchev–Trinajstić information content (AvgIpc) is 2.50. The summed E-state index contributed by atoms with van der Waals surface area (Å²) in [5.41, 5.74) is 2.95. The molecule has 1 aliphatic heterocycles. The first kappa shape index (κ1) is 13.6. The SMILES string of the molecule is Cc1cccc(F)c1NC(=O)C1CCNc2ccccc21. The lowest BCUT2D eigenvalue weighted by Crippen LogP contribution is -2.28. The van der Waals surface area contributed by atoms with Crippen molar-refractivity contribution in [1.29, 1.82) is 0 Å². The van der Waals surface area contributed by atoms with Gasteiger partial charge in [-0.05, 0) is 36.6 Å². The molecule has 0 fully saturated rings. The molecule has 3 nitrogen and oxygen atoms in total. The smallest absolute Gasteiger partial charge is 0.232 e. The molecule has 3 rings (SSSR count). The summed E-state index contributed by atoms with van der Waals surface area (Å²) in [4.78, 5) is 12.5. The fourth-order valence-corrected chi connectivity index (χ4v) is 2.74. The molecule has 0 saturated heterocycles. The minimum Gasteiger partial charge on any atom is -0.385 e. The molecule has 0 saturated carbocycles. The van der Waals surface area contributed by atoms with Crippen LogP contribution in [0.4, 0.5) is 15.8 Å². The van der Waals surface area contributed by atoms with Gasteiger partial charge in [0.05, 0.1) is 11.6 Å². The van der Waals surface area contributed by atoms with Gasteiger partial charge >= 0.3 is 0 Å². The highest BCUT2D eigenvalue weighted by Crippen LogP contribution is 2.32. The Hall–Kier alpha value is -2.36. The minimum atomic E-state index is -0.398. The lowest BCUT2D eigenvalue weighted by atomic mass is 9.90. The molecule has 1 amide bonds. The summed E-state index contributed by atoms with van der Waals surface area (Å²) in [6.07, 6.45) is 0.705. The number of benzene rings is 2. The van der Waals surface area contributed by atoms with E-state index in [2.05, 4.69) is 10.6 Å². The van der Waals surface area contributed by atoms with Crippen LogP contribution in [0, 0.1) is 12.7 Å². The zero-order valence-electron chi connectivity index (χ0n) is 11.8. The predicted molar refractivity (Wildman–Crippen MR) is 82.1 cm³/mol. The molecule has 0 bridgehead atoms. The van der Waals surface area contributed by atoms with Gasteiger partial charge in [0, 0.05) is 12.2 Å². The van der Waals surface area contributed by atoms with Gasteiger partial charge in [-0.25, -0.2) is 4.39 Å². The van der Waals surface area contributed by atoms with Gasteiger partial charge in [0.15, 0.2) is 0 Å². The Balaban J connectivity index is 1.87.